The molecule has 23 heavy (non-hydrogen) atoms. The van der Waals surface area contributed by atoms with Crippen LogP contribution in [0.4, 0.5) is 10.8 Å². The van der Waals surface area contributed by atoms with E-state index in [1.807, 2.05) is 38.1 Å². The molecule has 1 fully saturated rings. The van der Waals surface area contributed by atoms with Gasteiger partial charge in [0.1, 0.15) is 11.5 Å². The molecule has 0 saturated heterocycles. The molecule has 1 aliphatic rings. The number of aryl methyl sites for hydroxylation is 2. The number of nitrogens with one attached hydrogen (secondary N) is 2. The molecule has 1 aromatic carbocycles. The summed E-state index contributed by atoms with van der Waals surface area (Å²) in [5, 5.41) is 5.68. The smallest absolute Gasteiger partial charge is 0.323 e. The van der Waals surface area contributed by atoms with Gasteiger partial charge in [0.25, 0.3) is 0 Å². The van der Waals surface area contributed by atoms with Crippen molar-refractivity contribution < 1.29 is 13.9 Å². The largest absolute Gasteiger partial charge is 0.497 e. The van der Waals surface area contributed by atoms with Gasteiger partial charge in [0, 0.05) is 0 Å². The van der Waals surface area contributed by atoms with Crippen LogP contribution in [0.5, 0.6) is 5.75 Å². The van der Waals surface area contributed by atoms with Gasteiger partial charge >= 0.3 is 12.0 Å². The Balaban J connectivity index is 1.68. The molecule has 1 heterocycles. The third-order valence-electron chi connectivity index (χ3n) is 4.10. The number of ether oxygens (including phenoxy) is 1. The summed E-state index contributed by atoms with van der Waals surface area (Å²) in [5.41, 5.74) is 1.84. The van der Waals surface area contributed by atoms with Gasteiger partial charge in [0.05, 0.1) is 18.8 Å². The number of carbonyl (C=O) groups is 1. The van der Waals surface area contributed by atoms with Gasteiger partial charge in [-0.1, -0.05) is 12.1 Å². The first-order chi connectivity index (χ1) is 11.1. The van der Waals surface area contributed by atoms with E-state index in [1.54, 1.807) is 7.11 Å². The zero-order valence-electron chi connectivity index (χ0n) is 13.6. The van der Waals surface area contributed by atoms with E-state index in [2.05, 4.69) is 15.6 Å². The number of benzene rings is 1. The fourth-order valence-electron chi connectivity index (χ4n) is 2.51. The van der Waals surface area contributed by atoms with E-state index >= 15 is 0 Å². The average Bonchev–Trinajstić information content (AvgIpc) is 3.32. The Morgan fingerprint density at radius 1 is 1.30 bits per heavy atom. The van der Waals surface area contributed by atoms with Crippen molar-refractivity contribution in [3.63, 3.8) is 0 Å². The fourth-order valence-corrected chi connectivity index (χ4v) is 2.51. The molecule has 1 aliphatic carbocycles. The molecule has 1 atom stereocenters. The summed E-state index contributed by atoms with van der Waals surface area (Å²) >= 11 is 0. The van der Waals surface area contributed by atoms with Crippen molar-refractivity contribution in [1.82, 2.24) is 10.3 Å². The molecule has 0 spiro atoms. The van der Waals surface area contributed by atoms with Crippen LogP contribution in [0.25, 0.3) is 0 Å². The standard InChI is InChI=1S/C17H21N3O3/c1-10-11(2)23-17(18-10)20-16(21)19-15(12-4-5-12)13-6-8-14(22-3)9-7-13/h6-9,12,15H,4-5H2,1-3H3,(H2,18,19,20,21)/t15-/m1/s1. The number of hydrogen-bond acceptors (Lipinski definition) is 4. The number of anilines is 1. The minimum atomic E-state index is -0.307. The molecule has 0 aliphatic heterocycles. The minimum Gasteiger partial charge on any atom is -0.497 e. The van der Waals surface area contributed by atoms with Gasteiger partial charge < -0.3 is 14.5 Å². The van der Waals surface area contributed by atoms with E-state index in [1.165, 1.54) is 0 Å². The van der Waals surface area contributed by atoms with Gasteiger partial charge in [-0.05, 0) is 50.3 Å². The van der Waals surface area contributed by atoms with Crippen molar-refractivity contribution >= 4 is 12.0 Å². The number of urea groups is 1. The number of rotatable bonds is 5. The summed E-state index contributed by atoms with van der Waals surface area (Å²) in [6, 6.07) is 7.69. The van der Waals surface area contributed by atoms with Crippen molar-refractivity contribution in [3.8, 4) is 5.75 Å². The highest BCUT2D eigenvalue weighted by atomic mass is 16.5. The first-order valence-corrected chi connectivity index (χ1v) is 7.72. The van der Waals surface area contributed by atoms with Crippen LogP contribution in [-0.2, 0) is 0 Å². The van der Waals surface area contributed by atoms with Crippen LogP contribution in [0, 0.1) is 19.8 Å². The van der Waals surface area contributed by atoms with Gasteiger partial charge in [-0.25, -0.2) is 4.79 Å². The van der Waals surface area contributed by atoms with Gasteiger partial charge in [0.2, 0.25) is 0 Å². The maximum atomic E-state index is 12.2. The number of nitrogens with zero attached hydrogens (tertiary/aromatic N) is 1. The molecule has 1 saturated carbocycles. The zero-order chi connectivity index (χ0) is 16.4. The molecule has 3 rings (SSSR count). The molecule has 2 N–H and O–H groups in total. The molecule has 6 nitrogen and oxygen atoms in total. The maximum absolute atomic E-state index is 12.2. The Kier molecular flexibility index (Phi) is 4.23. The van der Waals surface area contributed by atoms with E-state index in [-0.39, 0.29) is 18.1 Å². The lowest BCUT2D eigenvalue weighted by molar-refractivity contribution is 0.246. The Bertz CT molecular complexity index is 670. The third-order valence-corrected chi connectivity index (χ3v) is 4.10. The van der Waals surface area contributed by atoms with Crippen LogP contribution in [0.15, 0.2) is 28.7 Å². The van der Waals surface area contributed by atoms with Gasteiger partial charge in [-0.3, -0.25) is 5.32 Å². The second kappa shape index (κ2) is 6.32. The van der Waals surface area contributed by atoms with Crippen molar-refractivity contribution in [2.75, 3.05) is 12.4 Å². The monoisotopic (exact) mass is 315 g/mol. The second-order valence-electron chi connectivity index (χ2n) is 5.85. The van der Waals surface area contributed by atoms with Gasteiger partial charge in [-0.15, -0.1) is 0 Å². The molecule has 1 aromatic heterocycles. The average molecular weight is 315 g/mol. The summed E-state index contributed by atoms with van der Waals surface area (Å²) in [4.78, 5) is 16.4. The lowest BCUT2D eigenvalue weighted by atomic mass is 10.0. The summed E-state index contributed by atoms with van der Waals surface area (Å²) < 4.78 is 10.6. The van der Waals surface area contributed by atoms with Gasteiger partial charge in [0.15, 0.2) is 0 Å². The number of oxazole rings is 1. The first kappa shape index (κ1) is 15.4. The molecule has 2 amide bonds. The predicted molar refractivity (Wildman–Crippen MR) is 86.6 cm³/mol. The molecule has 2 aromatic rings. The van der Waals surface area contributed by atoms with E-state index in [0.29, 0.717) is 11.7 Å². The summed E-state index contributed by atoms with van der Waals surface area (Å²) in [5.74, 6) is 1.98. The zero-order valence-corrected chi connectivity index (χ0v) is 13.6. The summed E-state index contributed by atoms with van der Waals surface area (Å²) in [6.07, 6.45) is 2.24. The van der Waals surface area contributed by atoms with Crippen LogP contribution in [0.3, 0.4) is 0 Å². The minimum absolute atomic E-state index is 0.0157. The quantitative estimate of drug-likeness (QED) is 0.884. The van der Waals surface area contributed by atoms with Crippen LogP contribution >= 0.6 is 0 Å². The van der Waals surface area contributed by atoms with E-state index in [4.69, 9.17) is 9.15 Å². The van der Waals surface area contributed by atoms with Crippen LogP contribution in [0.1, 0.15) is 35.9 Å². The Morgan fingerprint density at radius 3 is 2.52 bits per heavy atom. The molecule has 0 bridgehead atoms. The predicted octanol–water partition coefficient (Wildman–Crippen LogP) is 3.57. The normalized spacial score (nSPS) is 15.1. The number of amides is 2. The molecular weight excluding hydrogens is 294 g/mol. The summed E-state index contributed by atoms with van der Waals surface area (Å²) in [7, 11) is 1.64. The summed E-state index contributed by atoms with van der Waals surface area (Å²) in [6.45, 7) is 3.65. The van der Waals surface area contributed by atoms with Crippen molar-refractivity contribution in [2.24, 2.45) is 5.92 Å². The van der Waals surface area contributed by atoms with E-state index in [9.17, 15) is 4.79 Å². The van der Waals surface area contributed by atoms with Crippen molar-refractivity contribution in [3.05, 3.63) is 41.3 Å². The Hall–Kier alpha value is -2.50. The van der Waals surface area contributed by atoms with Crippen LogP contribution in [-0.4, -0.2) is 18.1 Å². The maximum Gasteiger partial charge on any atom is 0.323 e. The van der Waals surface area contributed by atoms with Crippen molar-refractivity contribution in [1.29, 1.82) is 0 Å². The fraction of sp³-hybridized carbons (Fsp3) is 0.412. The molecular formula is C17H21N3O3. The number of aromatic nitrogens is 1. The number of carbonyl (C=O) groups excluding carboxylic acids is 1. The molecule has 0 unspecified atom stereocenters. The highest BCUT2D eigenvalue weighted by molar-refractivity contribution is 5.87. The van der Waals surface area contributed by atoms with Crippen molar-refractivity contribution in [2.45, 2.75) is 32.7 Å². The number of methoxy groups -OCH3 is 1. The number of hydrogen-bond donors (Lipinski definition) is 2. The van der Waals surface area contributed by atoms with Gasteiger partial charge in [-0.2, -0.15) is 4.98 Å². The Labute approximate surface area is 135 Å². The SMILES string of the molecule is COc1ccc([C@H](NC(=O)Nc2nc(C)c(C)o2)C2CC2)cc1. The lowest BCUT2D eigenvalue weighted by Gasteiger charge is -2.18. The van der Waals surface area contributed by atoms with Crippen LogP contribution < -0.4 is 15.4 Å². The third kappa shape index (κ3) is 3.64. The molecule has 0 radical (unpaired) electrons. The lowest BCUT2D eigenvalue weighted by Crippen LogP contribution is -2.33. The first-order valence-electron chi connectivity index (χ1n) is 7.72. The Morgan fingerprint density at radius 2 is 2.00 bits per heavy atom. The second-order valence-corrected chi connectivity index (χ2v) is 5.85. The van der Waals surface area contributed by atoms with Crippen LogP contribution in [0.2, 0.25) is 0 Å². The highest BCUT2D eigenvalue weighted by Gasteiger charge is 2.33. The topological polar surface area (TPSA) is 76.4 Å². The van der Waals surface area contributed by atoms with E-state index < -0.39 is 0 Å². The molecule has 6 heteroatoms. The highest BCUT2D eigenvalue weighted by Crippen LogP contribution is 2.41. The molecule has 122 valence electrons. The van der Waals surface area contributed by atoms with E-state index in [0.717, 1.165) is 29.8 Å².